The van der Waals surface area contributed by atoms with Crippen LogP contribution in [0.1, 0.15) is 31.0 Å². The van der Waals surface area contributed by atoms with E-state index in [2.05, 4.69) is 25.9 Å². The molecule has 0 saturated carbocycles. The van der Waals surface area contributed by atoms with Crippen LogP contribution in [0.4, 0.5) is 0 Å². The maximum atomic E-state index is 13.6. The van der Waals surface area contributed by atoms with Gasteiger partial charge in [0.25, 0.3) is 5.56 Å². The van der Waals surface area contributed by atoms with E-state index >= 15 is 0 Å². The third kappa shape index (κ3) is 4.30. The van der Waals surface area contributed by atoms with E-state index in [0.717, 1.165) is 5.56 Å². The Morgan fingerprint density at radius 2 is 1.88 bits per heavy atom. The highest BCUT2D eigenvalue weighted by molar-refractivity contribution is 9.10. The molecular formula is C24H22BrN3O5S. The number of nitrogens with zero attached hydrogens (tertiary/aromatic N) is 3. The van der Waals surface area contributed by atoms with Crippen LogP contribution in [-0.2, 0) is 9.53 Å². The van der Waals surface area contributed by atoms with E-state index in [0.29, 0.717) is 36.6 Å². The van der Waals surface area contributed by atoms with Gasteiger partial charge in [0.2, 0.25) is 0 Å². The molecular weight excluding hydrogens is 522 g/mol. The SMILES string of the molecule is CCOC(=O)C1=C(C)N=c2s/c(=C\c3ccncc3)c(=O)n2[C@@H]1c1cc(OC)c(OC)cc1Br. The van der Waals surface area contributed by atoms with Crippen molar-refractivity contribution in [3.05, 3.63) is 83.2 Å². The predicted octanol–water partition coefficient (Wildman–Crippen LogP) is 2.97. The molecule has 10 heteroatoms. The highest BCUT2D eigenvalue weighted by Crippen LogP contribution is 2.40. The molecule has 0 unspecified atom stereocenters. The number of carbonyl (C=O) groups is 1. The first-order valence-electron chi connectivity index (χ1n) is 10.4. The fraction of sp³-hybridized carbons (Fsp3) is 0.250. The number of aromatic nitrogens is 2. The van der Waals surface area contributed by atoms with Crippen molar-refractivity contribution in [3.8, 4) is 11.5 Å². The van der Waals surface area contributed by atoms with Crippen molar-refractivity contribution in [1.82, 2.24) is 9.55 Å². The number of ether oxygens (including phenoxy) is 3. The Bertz CT molecular complexity index is 1460. The van der Waals surface area contributed by atoms with Gasteiger partial charge in [0.15, 0.2) is 16.3 Å². The number of hydrogen-bond donors (Lipinski definition) is 0. The standard InChI is InChI=1S/C24H22BrN3O5S/c1-5-33-23(30)20-13(2)27-24-28(22(29)19(34-24)10-14-6-8-26-9-7-14)21(20)15-11-17(31-3)18(32-4)12-16(15)25/h6-12,21H,5H2,1-4H3/b19-10-/t21-/m1/s1. The zero-order chi connectivity index (χ0) is 24.4. The van der Waals surface area contributed by atoms with Gasteiger partial charge in [-0.05, 0) is 55.3 Å². The molecule has 1 aliphatic heterocycles. The van der Waals surface area contributed by atoms with Crippen LogP contribution in [0.25, 0.3) is 6.08 Å². The van der Waals surface area contributed by atoms with Crippen molar-refractivity contribution in [1.29, 1.82) is 0 Å². The highest BCUT2D eigenvalue weighted by atomic mass is 79.9. The topological polar surface area (TPSA) is 92.0 Å². The molecule has 1 aromatic carbocycles. The van der Waals surface area contributed by atoms with Crippen LogP contribution in [0.3, 0.4) is 0 Å². The van der Waals surface area contributed by atoms with Crippen LogP contribution in [-0.4, -0.2) is 36.3 Å². The monoisotopic (exact) mass is 543 g/mol. The molecule has 0 radical (unpaired) electrons. The second-order valence-corrected chi connectivity index (χ2v) is 9.17. The number of pyridine rings is 1. The number of fused-ring (bicyclic) bond motifs is 1. The molecule has 3 aromatic rings. The van der Waals surface area contributed by atoms with Crippen molar-refractivity contribution in [2.24, 2.45) is 4.99 Å². The Morgan fingerprint density at radius 3 is 2.53 bits per heavy atom. The lowest BCUT2D eigenvalue weighted by molar-refractivity contribution is -0.139. The van der Waals surface area contributed by atoms with Crippen LogP contribution in [0, 0.1) is 0 Å². The molecule has 0 N–H and O–H groups in total. The van der Waals surface area contributed by atoms with Crippen molar-refractivity contribution in [2.45, 2.75) is 19.9 Å². The van der Waals surface area contributed by atoms with Crippen molar-refractivity contribution >= 4 is 39.3 Å². The first-order chi connectivity index (χ1) is 16.4. The zero-order valence-electron chi connectivity index (χ0n) is 19.0. The number of benzene rings is 1. The van der Waals surface area contributed by atoms with Crippen molar-refractivity contribution < 1.29 is 19.0 Å². The summed E-state index contributed by atoms with van der Waals surface area (Å²) >= 11 is 4.85. The predicted molar refractivity (Wildman–Crippen MR) is 132 cm³/mol. The minimum absolute atomic E-state index is 0.196. The molecule has 0 amide bonds. The van der Waals surface area contributed by atoms with Gasteiger partial charge in [0.05, 0.1) is 42.7 Å². The summed E-state index contributed by atoms with van der Waals surface area (Å²) in [6, 6.07) is 6.36. The number of hydrogen-bond acceptors (Lipinski definition) is 8. The fourth-order valence-electron chi connectivity index (χ4n) is 3.78. The van der Waals surface area contributed by atoms with Crippen LogP contribution >= 0.6 is 27.3 Å². The third-order valence-electron chi connectivity index (χ3n) is 5.32. The van der Waals surface area contributed by atoms with Gasteiger partial charge >= 0.3 is 5.97 Å². The van der Waals surface area contributed by atoms with E-state index < -0.39 is 12.0 Å². The summed E-state index contributed by atoms with van der Waals surface area (Å²) in [5.74, 6) is 0.456. The lowest BCUT2D eigenvalue weighted by Crippen LogP contribution is -2.40. The lowest BCUT2D eigenvalue weighted by Gasteiger charge is -2.26. The second kappa shape index (κ2) is 9.94. The number of allylic oxidation sites excluding steroid dienone is 1. The van der Waals surface area contributed by atoms with Gasteiger partial charge in [0, 0.05) is 16.9 Å². The van der Waals surface area contributed by atoms with E-state index in [4.69, 9.17) is 14.2 Å². The van der Waals surface area contributed by atoms with Gasteiger partial charge in [-0.2, -0.15) is 0 Å². The number of thiazole rings is 1. The summed E-state index contributed by atoms with van der Waals surface area (Å²) in [6.07, 6.45) is 5.11. The number of carbonyl (C=O) groups excluding carboxylic acids is 1. The Hall–Kier alpha value is -3.24. The molecule has 0 bridgehead atoms. The molecule has 3 heterocycles. The number of halogens is 1. The van der Waals surface area contributed by atoms with Gasteiger partial charge < -0.3 is 14.2 Å². The van der Waals surface area contributed by atoms with Gasteiger partial charge in [-0.15, -0.1) is 0 Å². The van der Waals surface area contributed by atoms with Gasteiger partial charge in [-0.3, -0.25) is 14.3 Å². The summed E-state index contributed by atoms with van der Waals surface area (Å²) in [7, 11) is 3.07. The highest BCUT2D eigenvalue weighted by Gasteiger charge is 2.35. The Balaban J connectivity index is 2.02. The number of esters is 1. The Kier molecular flexibility index (Phi) is 6.99. The minimum atomic E-state index is -0.774. The average molecular weight is 544 g/mol. The molecule has 1 atom stereocenters. The Labute approximate surface area is 208 Å². The second-order valence-electron chi connectivity index (χ2n) is 7.31. The van der Waals surface area contributed by atoms with Crippen LogP contribution < -0.4 is 24.4 Å². The van der Waals surface area contributed by atoms with E-state index in [1.807, 2.05) is 12.1 Å². The molecule has 0 fully saturated rings. The van der Waals surface area contributed by atoms with Crippen LogP contribution in [0.15, 0.2) is 62.2 Å². The lowest BCUT2D eigenvalue weighted by atomic mass is 9.95. The molecule has 0 spiro atoms. The van der Waals surface area contributed by atoms with Crippen molar-refractivity contribution in [2.75, 3.05) is 20.8 Å². The summed E-state index contributed by atoms with van der Waals surface area (Å²) in [6.45, 7) is 3.68. The molecule has 2 aromatic heterocycles. The third-order valence-corrected chi connectivity index (χ3v) is 6.99. The number of rotatable bonds is 6. The maximum Gasteiger partial charge on any atom is 0.338 e. The largest absolute Gasteiger partial charge is 0.493 e. The van der Waals surface area contributed by atoms with Gasteiger partial charge in [0.1, 0.15) is 0 Å². The van der Waals surface area contributed by atoms with Crippen LogP contribution in [0.5, 0.6) is 11.5 Å². The summed E-state index contributed by atoms with van der Waals surface area (Å²) in [4.78, 5) is 35.8. The quantitative estimate of drug-likeness (QED) is 0.444. The summed E-state index contributed by atoms with van der Waals surface area (Å²) in [5.41, 5.74) is 2.00. The van der Waals surface area contributed by atoms with Crippen LogP contribution in [0.2, 0.25) is 0 Å². The van der Waals surface area contributed by atoms with E-state index in [9.17, 15) is 9.59 Å². The first-order valence-corrected chi connectivity index (χ1v) is 12.0. The van der Waals surface area contributed by atoms with E-state index in [1.54, 1.807) is 51.6 Å². The summed E-state index contributed by atoms with van der Waals surface area (Å²) in [5, 5.41) is 0. The Morgan fingerprint density at radius 1 is 1.21 bits per heavy atom. The molecule has 34 heavy (non-hydrogen) atoms. The number of methoxy groups -OCH3 is 2. The summed E-state index contributed by atoms with van der Waals surface area (Å²) < 4.78 is 18.9. The maximum absolute atomic E-state index is 13.6. The average Bonchev–Trinajstić information content (AvgIpc) is 3.13. The van der Waals surface area contributed by atoms with Crippen molar-refractivity contribution in [3.63, 3.8) is 0 Å². The molecule has 176 valence electrons. The molecule has 0 saturated heterocycles. The first kappa shape index (κ1) is 23.9. The minimum Gasteiger partial charge on any atom is -0.493 e. The normalized spacial score (nSPS) is 15.6. The smallest absolute Gasteiger partial charge is 0.338 e. The zero-order valence-corrected chi connectivity index (χ0v) is 21.4. The molecule has 8 nitrogen and oxygen atoms in total. The van der Waals surface area contributed by atoms with Gasteiger partial charge in [-0.1, -0.05) is 27.3 Å². The molecule has 0 aliphatic carbocycles. The molecule has 1 aliphatic rings. The van der Waals surface area contributed by atoms with E-state index in [1.165, 1.54) is 23.0 Å². The molecule has 4 rings (SSSR count). The fourth-order valence-corrected chi connectivity index (χ4v) is 5.36. The van der Waals surface area contributed by atoms with E-state index in [-0.39, 0.29) is 17.7 Å². The van der Waals surface area contributed by atoms with Gasteiger partial charge in [-0.25, -0.2) is 9.79 Å².